The first-order valence-electron chi connectivity index (χ1n) is 8.93. The Kier molecular flexibility index (Phi) is 4.75. The fraction of sp³-hybridized carbons (Fsp3) is 0.381. The van der Waals surface area contributed by atoms with Gasteiger partial charge in [0.15, 0.2) is 0 Å². The lowest BCUT2D eigenvalue weighted by molar-refractivity contribution is -0.139. The van der Waals surface area contributed by atoms with E-state index in [-0.39, 0.29) is 17.9 Å². The van der Waals surface area contributed by atoms with Crippen molar-refractivity contribution in [2.75, 3.05) is 6.54 Å². The van der Waals surface area contributed by atoms with E-state index in [1.165, 1.54) is 18.4 Å². The summed E-state index contributed by atoms with van der Waals surface area (Å²) in [4.78, 5) is 15.4. The van der Waals surface area contributed by atoms with Gasteiger partial charge in [-0.05, 0) is 67.0 Å². The molecule has 1 heterocycles. The molecule has 1 saturated carbocycles. The van der Waals surface area contributed by atoms with E-state index in [1.54, 1.807) is 0 Å². The lowest BCUT2D eigenvalue weighted by Gasteiger charge is -2.40. The van der Waals surface area contributed by atoms with Gasteiger partial charge in [-0.25, -0.2) is 0 Å². The lowest BCUT2D eigenvalue weighted by atomic mass is 9.84. The Balaban J connectivity index is 1.62. The maximum Gasteiger partial charge on any atom is 0.230 e. The van der Waals surface area contributed by atoms with Crippen molar-refractivity contribution in [1.29, 1.82) is 0 Å². The van der Waals surface area contributed by atoms with Crippen molar-refractivity contribution in [2.24, 2.45) is 5.92 Å². The molecule has 0 radical (unpaired) electrons. The van der Waals surface area contributed by atoms with Crippen molar-refractivity contribution < 1.29 is 4.79 Å². The highest BCUT2D eigenvalue weighted by Gasteiger charge is 2.39. The molecule has 2 atom stereocenters. The van der Waals surface area contributed by atoms with Gasteiger partial charge in [0.25, 0.3) is 0 Å². The second-order valence-corrected chi connectivity index (χ2v) is 8.06. The fourth-order valence-electron chi connectivity index (χ4n) is 3.82. The summed E-state index contributed by atoms with van der Waals surface area (Å²) in [5, 5.41) is 1.43. The van der Waals surface area contributed by atoms with Crippen LogP contribution >= 0.6 is 23.2 Å². The summed E-state index contributed by atoms with van der Waals surface area (Å²) in [6.45, 7) is 0.864. The first-order valence-corrected chi connectivity index (χ1v) is 9.69. The molecule has 1 aliphatic heterocycles. The Bertz CT molecular complexity index is 770. The molecule has 0 N–H and O–H groups in total. The molecule has 1 amide bonds. The number of hydrogen-bond acceptors (Lipinski definition) is 1. The van der Waals surface area contributed by atoms with E-state index in [2.05, 4.69) is 17.0 Å². The van der Waals surface area contributed by atoms with E-state index in [0.717, 1.165) is 30.0 Å². The molecule has 2 aromatic carbocycles. The first-order chi connectivity index (χ1) is 12.1. The minimum absolute atomic E-state index is 0.0824. The Labute approximate surface area is 158 Å². The molecule has 1 saturated heterocycles. The predicted molar refractivity (Wildman–Crippen MR) is 102 cm³/mol. The van der Waals surface area contributed by atoms with Crippen LogP contribution in [0.25, 0.3) is 0 Å². The van der Waals surface area contributed by atoms with Crippen LogP contribution in [0.4, 0.5) is 0 Å². The number of benzene rings is 2. The SMILES string of the molecule is O=C1C(c2cccc(Cl)c2)CCC(c2ccc(Cl)cc2)N1CC1CC1. The molecule has 2 aliphatic rings. The molecule has 2 aromatic rings. The number of hydrogen-bond donors (Lipinski definition) is 0. The molecule has 130 valence electrons. The Morgan fingerprint density at radius 3 is 2.32 bits per heavy atom. The van der Waals surface area contributed by atoms with E-state index in [9.17, 15) is 4.79 Å². The number of halogens is 2. The van der Waals surface area contributed by atoms with Crippen LogP contribution in [-0.2, 0) is 4.79 Å². The van der Waals surface area contributed by atoms with Gasteiger partial charge in [-0.1, -0.05) is 47.5 Å². The van der Waals surface area contributed by atoms with Crippen molar-refractivity contribution >= 4 is 29.1 Å². The van der Waals surface area contributed by atoms with Gasteiger partial charge in [0.1, 0.15) is 0 Å². The van der Waals surface area contributed by atoms with Crippen LogP contribution in [0, 0.1) is 5.92 Å². The van der Waals surface area contributed by atoms with Crippen molar-refractivity contribution in [3.8, 4) is 0 Å². The fourth-order valence-corrected chi connectivity index (χ4v) is 4.14. The van der Waals surface area contributed by atoms with Gasteiger partial charge < -0.3 is 4.90 Å². The van der Waals surface area contributed by atoms with Crippen LogP contribution in [-0.4, -0.2) is 17.4 Å². The molecule has 1 aliphatic carbocycles. The molecule has 0 bridgehead atoms. The van der Waals surface area contributed by atoms with Crippen LogP contribution in [0.1, 0.15) is 48.8 Å². The highest BCUT2D eigenvalue weighted by atomic mass is 35.5. The van der Waals surface area contributed by atoms with Crippen molar-refractivity contribution in [1.82, 2.24) is 4.90 Å². The number of rotatable bonds is 4. The second-order valence-electron chi connectivity index (χ2n) is 7.19. The maximum absolute atomic E-state index is 13.3. The van der Waals surface area contributed by atoms with Crippen molar-refractivity contribution in [3.05, 3.63) is 69.7 Å². The summed E-state index contributed by atoms with van der Waals surface area (Å²) in [5.74, 6) is 0.818. The number of carbonyl (C=O) groups excluding carboxylic acids is 1. The summed E-state index contributed by atoms with van der Waals surface area (Å²) < 4.78 is 0. The van der Waals surface area contributed by atoms with Gasteiger partial charge in [0, 0.05) is 16.6 Å². The average Bonchev–Trinajstić information content (AvgIpc) is 3.42. The largest absolute Gasteiger partial charge is 0.335 e. The van der Waals surface area contributed by atoms with Crippen LogP contribution in [0.3, 0.4) is 0 Å². The maximum atomic E-state index is 13.3. The van der Waals surface area contributed by atoms with Crippen molar-refractivity contribution in [3.63, 3.8) is 0 Å². The van der Waals surface area contributed by atoms with Crippen LogP contribution in [0.2, 0.25) is 10.0 Å². The van der Waals surface area contributed by atoms with E-state index in [4.69, 9.17) is 23.2 Å². The Morgan fingerprint density at radius 1 is 0.880 bits per heavy atom. The second kappa shape index (κ2) is 7.01. The zero-order valence-corrected chi connectivity index (χ0v) is 15.5. The van der Waals surface area contributed by atoms with Crippen LogP contribution < -0.4 is 0 Å². The molecular formula is C21H21Cl2NO. The molecule has 4 heteroatoms. The van der Waals surface area contributed by atoms with Crippen LogP contribution in [0.15, 0.2) is 48.5 Å². The molecule has 2 unspecified atom stereocenters. The molecule has 2 fully saturated rings. The van der Waals surface area contributed by atoms with Crippen molar-refractivity contribution in [2.45, 2.75) is 37.6 Å². The number of carbonyl (C=O) groups is 1. The average molecular weight is 374 g/mol. The zero-order chi connectivity index (χ0) is 17.4. The highest BCUT2D eigenvalue weighted by molar-refractivity contribution is 6.30. The normalized spacial score (nSPS) is 23.8. The monoisotopic (exact) mass is 373 g/mol. The predicted octanol–water partition coefficient (Wildman–Crippen LogP) is 5.85. The molecule has 0 aromatic heterocycles. The summed E-state index contributed by atoms with van der Waals surface area (Å²) >= 11 is 12.2. The Hall–Kier alpha value is -1.51. The third kappa shape index (κ3) is 3.70. The summed E-state index contributed by atoms with van der Waals surface area (Å²) in [5.41, 5.74) is 2.22. The first kappa shape index (κ1) is 16.9. The Morgan fingerprint density at radius 2 is 1.64 bits per heavy atom. The minimum Gasteiger partial charge on any atom is -0.335 e. The number of piperidine rings is 1. The summed E-state index contributed by atoms with van der Waals surface area (Å²) in [6.07, 6.45) is 4.29. The van der Waals surface area contributed by atoms with Crippen LogP contribution in [0.5, 0.6) is 0 Å². The van der Waals surface area contributed by atoms with E-state index in [0.29, 0.717) is 10.9 Å². The zero-order valence-electron chi connectivity index (χ0n) is 14.0. The van der Waals surface area contributed by atoms with Gasteiger partial charge in [0.05, 0.1) is 12.0 Å². The molecular weight excluding hydrogens is 353 g/mol. The van der Waals surface area contributed by atoms with E-state index in [1.807, 2.05) is 36.4 Å². The van der Waals surface area contributed by atoms with Gasteiger partial charge in [-0.3, -0.25) is 4.79 Å². The minimum atomic E-state index is -0.0824. The highest BCUT2D eigenvalue weighted by Crippen LogP contribution is 2.42. The van der Waals surface area contributed by atoms with E-state index >= 15 is 0 Å². The molecule has 2 nitrogen and oxygen atoms in total. The lowest BCUT2D eigenvalue weighted by Crippen LogP contribution is -2.43. The topological polar surface area (TPSA) is 20.3 Å². The number of nitrogens with zero attached hydrogens (tertiary/aromatic N) is 1. The van der Waals surface area contributed by atoms with Gasteiger partial charge >= 0.3 is 0 Å². The standard InChI is InChI=1S/C21H21Cl2NO/c22-17-8-6-15(7-9-17)20-11-10-19(16-2-1-3-18(23)12-16)21(25)24(20)13-14-4-5-14/h1-3,6-9,12,14,19-20H,4-5,10-11,13H2. The quantitative estimate of drug-likeness (QED) is 0.657. The summed E-state index contributed by atoms with van der Waals surface area (Å²) in [6, 6.07) is 15.8. The van der Waals surface area contributed by atoms with E-state index < -0.39 is 0 Å². The molecule has 4 rings (SSSR count). The molecule has 0 spiro atoms. The van der Waals surface area contributed by atoms with Gasteiger partial charge in [0.2, 0.25) is 5.91 Å². The van der Waals surface area contributed by atoms with Gasteiger partial charge in [-0.15, -0.1) is 0 Å². The number of likely N-dealkylation sites (tertiary alicyclic amines) is 1. The van der Waals surface area contributed by atoms with Gasteiger partial charge in [-0.2, -0.15) is 0 Å². The third-order valence-corrected chi connectivity index (χ3v) is 5.83. The summed E-state index contributed by atoms with van der Waals surface area (Å²) in [7, 11) is 0. The third-order valence-electron chi connectivity index (χ3n) is 5.34. The molecule has 25 heavy (non-hydrogen) atoms. The number of amides is 1. The smallest absolute Gasteiger partial charge is 0.230 e.